The predicted molar refractivity (Wildman–Crippen MR) is 99.8 cm³/mol. The first-order valence-corrected chi connectivity index (χ1v) is 9.26. The number of carbonyl (C=O) groups excluding carboxylic acids is 2. The van der Waals surface area contributed by atoms with Crippen LogP contribution in [0.1, 0.15) is 67.2 Å². The van der Waals surface area contributed by atoms with Crippen LogP contribution in [0.4, 0.5) is 0 Å². The lowest BCUT2D eigenvalue weighted by atomic mass is 9.97. The van der Waals surface area contributed by atoms with E-state index in [9.17, 15) is 20.1 Å². The second-order valence-corrected chi connectivity index (χ2v) is 7.02. The summed E-state index contributed by atoms with van der Waals surface area (Å²) in [6.07, 6.45) is -0.777. The van der Waals surface area contributed by atoms with Crippen molar-refractivity contribution in [2.45, 2.75) is 90.7 Å². The van der Waals surface area contributed by atoms with Gasteiger partial charge in [0.05, 0.1) is 18.2 Å². The van der Waals surface area contributed by atoms with Crippen molar-refractivity contribution in [2.24, 2.45) is 10.2 Å². The topological polar surface area (TPSA) is 134 Å². The molecule has 0 N–H and O–H groups in total. The number of nitriles is 2. The monoisotopic (exact) mass is 394 g/mol. The van der Waals surface area contributed by atoms with Crippen LogP contribution >= 0.6 is 0 Å². The van der Waals surface area contributed by atoms with Gasteiger partial charge in [-0.2, -0.15) is 20.8 Å². The molecule has 9 heteroatoms. The van der Waals surface area contributed by atoms with Crippen LogP contribution in [0.15, 0.2) is 10.2 Å². The molecule has 0 aliphatic heterocycles. The third-order valence-corrected chi connectivity index (χ3v) is 3.67. The normalized spacial score (nSPS) is 16.5. The molecule has 0 radical (unpaired) electrons. The molecule has 0 bridgehead atoms. The van der Waals surface area contributed by atoms with E-state index in [1.807, 2.05) is 12.1 Å². The van der Waals surface area contributed by atoms with Gasteiger partial charge >= 0.3 is 11.9 Å². The van der Waals surface area contributed by atoms with E-state index in [1.54, 1.807) is 27.7 Å². The maximum atomic E-state index is 11.8. The fourth-order valence-corrected chi connectivity index (χ4v) is 2.00. The molecular weight excluding hydrogens is 364 g/mol. The average Bonchev–Trinajstić information content (AvgIpc) is 2.63. The van der Waals surface area contributed by atoms with Crippen molar-refractivity contribution < 1.29 is 23.8 Å². The van der Waals surface area contributed by atoms with E-state index >= 15 is 0 Å². The second-order valence-electron chi connectivity index (χ2n) is 7.02. The molecule has 0 spiro atoms. The zero-order valence-corrected chi connectivity index (χ0v) is 17.5. The standard InChI is InChI=1S/C19H30N4O5/c1-7-26-15(4)28-17(25)9-11-19(6,13-21)23-22-18(5,12-20)10-8-16(24)27-14(2)3/h14-15H,7-11H2,1-6H3. The molecule has 0 aliphatic rings. The molecule has 3 unspecified atom stereocenters. The Morgan fingerprint density at radius 1 is 0.929 bits per heavy atom. The van der Waals surface area contributed by atoms with Gasteiger partial charge in [-0.15, -0.1) is 0 Å². The van der Waals surface area contributed by atoms with Gasteiger partial charge in [-0.3, -0.25) is 9.59 Å². The Kier molecular flexibility index (Phi) is 11.0. The van der Waals surface area contributed by atoms with Gasteiger partial charge in [0.15, 0.2) is 17.4 Å². The summed E-state index contributed by atoms with van der Waals surface area (Å²) in [7, 11) is 0. The van der Waals surface area contributed by atoms with Crippen LogP contribution in [0.2, 0.25) is 0 Å². The van der Waals surface area contributed by atoms with Gasteiger partial charge in [-0.05, 0) is 54.4 Å². The minimum absolute atomic E-state index is 0.00612. The molecule has 156 valence electrons. The number of rotatable bonds is 12. The maximum Gasteiger partial charge on any atom is 0.308 e. The summed E-state index contributed by atoms with van der Waals surface area (Å²) in [5.74, 6) is -0.946. The molecule has 28 heavy (non-hydrogen) atoms. The average molecular weight is 394 g/mol. The summed E-state index contributed by atoms with van der Waals surface area (Å²) in [5.41, 5.74) is -2.58. The molecule has 0 fully saturated rings. The first-order chi connectivity index (χ1) is 13.0. The van der Waals surface area contributed by atoms with Crippen molar-refractivity contribution in [1.29, 1.82) is 10.5 Å². The summed E-state index contributed by atoms with van der Waals surface area (Å²) in [6, 6.07) is 4.00. The summed E-state index contributed by atoms with van der Waals surface area (Å²) in [6.45, 7) is 10.3. The fourth-order valence-electron chi connectivity index (χ4n) is 2.00. The number of carbonyl (C=O) groups is 2. The molecule has 3 atom stereocenters. The third-order valence-electron chi connectivity index (χ3n) is 3.67. The number of nitrogens with zero attached hydrogens (tertiary/aromatic N) is 4. The number of azo groups is 1. The minimum Gasteiger partial charge on any atom is -0.463 e. The zero-order chi connectivity index (χ0) is 21.8. The van der Waals surface area contributed by atoms with Gasteiger partial charge in [-0.25, -0.2) is 0 Å². The maximum absolute atomic E-state index is 11.8. The predicted octanol–water partition coefficient (Wildman–Crippen LogP) is 3.44. The number of esters is 2. The Morgan fingerprint density at radius 2 is 1.36 bits per heavy atom. The highest BCUT2D eigenvalue weighted by Crippen LogP contribution is 2.24. The highest BCUT2D eigenvalue weighted by atomic mass is 16.7. The van der Waals surface area contributed by atoms with Gasteiger partial charge in [-0.1, -0.05) is 0 Å². The Labute approximate surface area is 166 Å². The largest absolute Gasteiger partial charge is 0.463 e. The summed E-state index contributed by atoms with van der Waals surface area (Å²) in [4.78, 5) is 23.5. The van der Waals surface area contributed by atoms with Gasteiger partial charge in [0.1, 0.15) is 0 Å². The highest BCUT2D eigenvalue weighted by molar-refractivity contribution is 5.70. The first kappa shape index (κ1) is 25.5. The highest BCUT2D eigenvalue weighted by Gasteiger charge is 2.30. The van der Waals surface area contributed by atoms with Gasteiger partial charge in [0.2, 0.25) is 0 Å². The number of hydrogen-bond donors (Lipinski definition) is 0. The second kappa shape index (κ2) is 12.0. The Hall–Kier alpha value is -2.52. The quantitative estimate of drug-likeness (QED) is 0.281. The lowest BCUT2D eigenvalue weighted by Gasteiger charge is -2.20. The molecule has 0 heterocycles. The van der Waals surface area contributed by atoms with Crippen LogP contribution in [-0.2, 0) is 23.8 Å². The summed E-state index contributed by atoms with van der Waals surface area (Å²) < 4.78 is 15.2. The summed E-state index contributed by atoms with van der Waals surface area (Å²) >= 11 is 0. The van der Waals surface area contributed by atoms with Crippen LogP contribution in [-0.4, -0.2) is 42.0 Å². The van der Waals surface area contributed by atoms with Crippen LogP contribution in [0, 0.1) is 22.7 Å². The van der Waals surface area contributed by atoms with Gasteiger partial charge < -0.3 is 14.2 Å². The Balaban J connectivity index is 4.86. The zero-order valence-electron chi connectivity index (χ0n) is 17.5. The van der Waals surface area contributed by atoms with E-state index in [1.165, 1.54) is 13.8 Å². The number of ether oxygens (including phenoxy) is 3. The molecular formula is C19H30N4O5. The third kappa shape index (κ3) is 10.6. The van der Waals surface area contributed by atoms with Crippen LogP contribution in [0.5, 0.6) is 0 Å². The van der Waals surface area contributed by atoms with E-state index in [0.717, 1.165) is 0 Å². The molecule has 0 saturated carbocycles. The Morgan fingerprint density at radius 3 is 1.71 bits per heavy atom. The van der Waals surface area contributed by atoms with Crippen molar-refractivity contribution in [2.75, 3.05) is 6.61 Å². The lowest BCUT2D eigenvalue weighted by molar-refractivity contribution is -0.174. The van der Waals surface area contributed by atoms with E-state index < -0.39 is 29.3 Å². The van der Waals surface area contributed by atoms with Crippen molar-refractivity contribution >= 4 is 11.9 Å². The van der Waals surface area contributed by atoms with Crippen LogP contribution in [0.3, 0.4) is 0 Å². The summed E-state index contributed by atoms with van der Waals surface area (Å²) in [5, 5.41) is 26.8. The molecule has 9 nitrogen and oxygen atoms in total. The number of hydrogen-bond acceptors (Lipinski definition) is 9. The molecule has 0 aromatic rings. The lowest BCUT2D eigenvalue weighted by Crippen LogP contribution is -2.26. The molecule has 0 rings (SSSR count). The molecule has 0 aromatic heterocycles. The van der Waals surface area contributed by atoms with Crippen molar-refractivity contribution in [1.82, 2.24) is 0 Å². The Bertz CT molecular complexity index is 637. The van der Waals surface area contributed by atoms with E-state index in [0.29, 0.717) is 6.61 Å². The minimum atomic E-state index is -1.30. The SMILES string of the molecule is CCOC(C)OC(=O)CCC(C)(C#N)N=NC(C)(C#N)CCC(=O)OC(C)C. The van der Waals surface area contributed by atoms with E-state index in [2.05, 4.69) is 10.2 Å². The smallest absolute Gasteiger partial charge is 0.308 e. The van der Waals surface area contributed by atoms with Gasteiger partial charge in [0.25, 0.3) is 0 Å². The molecule has 0 aromatic carbocycles. The van der Waals surface area contributed by atoms with Crippen molar-refractivity contribution in [3.8, 4) is 12.1 Å². The van der Waals surface area contributed by atoms with Crippen LogP contribution < -0.4 is 0 Å². The van der Waals surface area contributed by atoms with E-state index in [-0.39, 0.29) is 31.8 Å². The van der Waals surface area contributed by atoms with E-state index in [4.69, 9.17) is 14.2 Å². The van der Waals surface area contributed by atoms with Crippen molar-refractivity contribution in [3.05, 3.63) is 0 Å². The fraction of sp³-hybridized carbons (Fsp3) is 0.789. The van der Waals surface area contributed by atoms with Gasteiger partial charge in [0, 0.05) is 19.4 Å². The first-order valence-electron chi connectivity index (χ1n) is 9.26. The molecule has 0 aliphatic carbocycles. The molecule has 0 amide bonds. The molecule has 0 saturated heterocycles. The van der Waals surface area contributed by atoms with Crippen LogP contribution in [0.25, 0.3) is 0 Å². The van der Waals surface area contributed by atoms with Crippen molar-refractivity contribution in [3.63, 3.8) is 0 Å².